The zero-order valence-electron chi connectivity index (χ0n) is 11.7. The van der Waals surface area contributed by atoms with Gasteiger partial charge in [-0.3, -0.25) is 14.4 Å². The molecule has 0 radical (unpaired) electrons. The van der Waals surface area contributed by atoms with Gasteiger partial charge in [0.25, 0.3) is 5.91 Å². The first kappa shape index (κ1) is 15.1. The van der Waals surface area contributed by atoms with Crippen LogP contribution in [0.25, 0.3) is 0 Å². The topological polar surface area (TPSA) is 109 Å². The Balaban J connectivity index is 1.80. The summed E-state index contributed by atoms with van der Waals surface area (Å²) in [5, 5.41) is 14.3. The predicted molar refractivity (Wildman–Crippen MR) is 72.5 cm³/mol. The molecule has 1 aromatic heterocycles. The molecule has 0 spiro atoms. The lowest BCUT2D eigenvalue weighted by Crippen LogP contribution is -2.47. The van der Waals surface area contributed by atoms with Crippen LogP contribution in [0.1, 0.15) is 36.5 Å². The summed E-state index contributed by atoms with van der Waals surface area (Å²) >= 11 is 0. The molecule has 1 fully saturated rings. The SMILES string of the molecule is CC(NC(=O)c1ccoc1)C(=O)N[C@@H]1CC[C@H](C(=O)O)C1. The van der Waals surface area contributed by atoms with Gasteiger partial charge >= 0.3 is 5.97 Å². The summed E-state index contributed by atoms with van der Waals surface area (Å²) in [6.45, 7) is 1.58. The number of amides is 2. The number of carbonyl (C=O) groups is 3. The van der Waals surface area contributed by atoms with E-state index in [0.29, 0.717) is 24.8 Å². The molecule has 7 nitrogen and oxygen atoms in total. The molecular weight excluding hydrogens is 276 g/mol. The number of carboxylic acids is 1. The van der Waals surface area contributed by atoms with Crippen LogP contribution in [0, 0.1) is 5.92 Å². The fourth-order valence-corrected chi connectivity index (χ4v) is 2.40. The minimum Gasteiger partial charge on any atom is -0.481 e. The third kappa shape index (κ3) is 3.84. The third-order valence-electron chi connectivity index (χ3n) is 3.65. The van der Waals surface area contributed by atoms with Gasteiger partial charge in [-0.05, 0) is 32.3 Å². The fourth-order valence-electron chi connectivity index (χ4n) is 2.40. The summed E-state index contributed by atoms with van der Waals surface area (Å²) in [6.07, 6.45) is 4.32. The lowest BCUT2D eigenvalue weighted by Gasteiger charge is -2.17. The number of aliphatic carboxylic acids is 1. The van der Waals surface area contributed by atoms with E-state index in [4.69, 9.17) is 9.52 Å². The molecule has 0 aromatic carbocycles. The van der Waals surface area contributed by atoms with E-state index in [-0.39, 0.29) is 17.9 Å². The summed E-state index contributed by atoms with van der Waals surface area (Å²) in [5.74, 6) is -1.93. The molecule has 114 valence electrons. The highest BCUT2D eigenvalue weighted by molar-refractivity contribution is 5.97. The van der Waals surface area contributed by atoms with E-state index < -0.39 is 17.9 Å². The summed E-state index contributed by atoms with van der Waals surface area (Å²) in [6, 6.07) is 0.664. The van der Waals surface area contributed by atoms with Crippen LogP contribution in [0.15, 0.2) is 23.0 Å². The van der Waals surface area contributed by atoms with Gasteiger partial charge in [0.15, 0.2) is 0 Å². The van der Waals surface area contributed by atoms with E-state index in [1.807, 2.05) is 0 Å². The van der Waals surface area contributed by atoms with E-state index in [9.17, 15) is 14.4 Å². The van der Waals surface area contributed by atoms with Crippen molar-refractivity contribution in [2.75, 3.05) is 0 Å². The van der Waals surface area contributed by atoms with Crippen molar-refractivity contribution in [2.45, 2.75) is 38.3 Å². The van der Waals surface area contributed by atoms with Crippen LogP contribution in [0.3, 0.4) is 0 Å². The molecule has 0 saturated heterocycles. The van der Waals surface area contributed by atoms with Crippen LogP contribution in [-0.2, 0) is 9.59 Å². The Morgan fingerprint density at radius 1 is 1.38 bits per heavy atom. The van der Waals surface area contributed by atoms with E-state index in [1.165, 1.54) is 18.6 Å². The van der Waals surface area contributed by atoms with Crippen molar-refractivity contribution < 1.29 is 23.9 Å². The van der Waals surface area contributed by atoms with Crippen molar-refractivity contribution in [3.05, 3.63) is 24.2 Å². The van der Waals surface area contributed by atoms with E-state index in [2.05, 4.69) is 10.6 Å². The summed E-state index contributed by atoms with van der Waals surface area (Å²) in [4.78, 5) is 34.6. The second-order valence-corrected chi connectivity index (χ2v) is 5.26. The third-order valence-corrected chi connectivity index (χ3v) is 3.65. The average molecular weight is 294 g/mol. The van der Waals surface area contributed by atoms with Gasteiger partial charge in [0.2, 0.25) is 5.91 Å². The summed E-state index contributed by atoms with van der Waals surface area (Å²) in [7, 11) is 0. The monoisotopic (exact) mass is 294 g/mol. The highest BCUT2D eigenvalue weighted by Gasteiger charge is 2.31. The lowest BCUT2D eigenvalue weighted by atomic mass is 10.1. The number of hydrogen-bond donors (Lipinski definition) is 3. The number of nitrogens with one attached hydrogen (secondary N) is 2. The summed E-state index contributed by atoms with van der Waals surface area (Å²) in [5.41, 5.74) is 0.349. The van der Waals surface area contributed by atoms with Crippen LogP contribution >= 0.6 is 0 Å². The molecule has 21 heavy (non-hydrogen) atoms. The molecule has 0 bridgehead atoms. The Morgan fingerprint density at radius 2 is 2.14 bits per heavy atom. The number of hydrogen-bond acceptors (Lipinski definition) is 4. The first-order chi connectivity index (χ1) is 9.97. The standard InChI is InChI=1S/C14H18N2O5/c1-8(15-13(18)10-4-5-21-7-10)12(17)16-11-3-2-9(6-11)14(19)20/h4-5,7-9,11H,2-3,6H2,1H3,(H,15,18)(H,16,17)(H,19,20)/t8?,9-,11+/m0/s1. The molecule has 0 aliphatic heterocycles. The predicted octanol–water partition coefficient (Wildman–Crippen LogP) is 0.767. The second-order valence-electron chi connectivity index (χ2n) is 5.26. The minimum atomic E-state index is -0.826. The Morgan fingerprint density at radius 3 is 2.71 bits per heavy atom. The Hall–Kier alpha value is -2.31. The number of carbonyl (C=O) groups excluding carboxylic acids is 2. The van der Waals surface area contributed by atoms with E-state index in [1.54, 1.807) is 6.92 Å². The van der Waals surface area contributed by atoms with Crippen LogP contribution in [0.2, 0.25) is 0 Å². The van der Waals surface area contributed by atoms with Crippen LogP contribution < -0.4 is 10.6 Å². The Kier molecular flexibility index (Phi) is 4.62. The fraction of sp³-hybridized carbons (Fsp3) is 0.500. The first-order valence-corrected chi connectivity index (χ1v) is 6.83. The molecule has 1 saturated carbocycles. The lowest BCUT2D eigenvalue weighted by molar-refractivity contribution is -0.141. The largest absolute Gasteiger partial charge is 0.481 e. The Labute approximate surface area is 121 Å². The normalized spacial score (nSPS) is 22.5. The highest BCUT2D eigenvalue weighted by atomic mass is 16.4. The zero-order chi connectivity index (χ0) is 15.4. The van der Waals surface area contributed by atoms with Gasteiger partial charge in [-0.25, -0.2) is 0 Å². The molecule has 1 aromatic rings. The first-order valence-electron chi connectivity index (χ1n) is 6.83. The smallest absolute Gasteiger partial charge is 0.306 e. The molecule has 3 atom stereocenters. The van der Waals surface area contributed by atoms with Gasteiger partial charge in [0.05, 0.1) is 17.7 Å². The molecule has 2 rings (SSSR count). The molecular formula is C14H18N2O5. The van der Waals surface area contributed by atoms with Crippen molar-refractivity contribution in [2.24, 2.45) is 5.92 Å². The highest BCUT2D eigenvalue weighted by Crippen LogP contribution is 2.25. The quantitative estimate of drug-likeness (QED) is 0.743. The van der Waals surface area contributed by atoms with Gasteiger partial charge in [-0.15, -0.1) is 0 Å². The molecule has 2 amide bonds. The van der Waals surface area contributed by atoms with Crippen molar-refractivity contribution >= 4 is 17.8 Å². The van der Waals surface area contributed by atoms with Crippen LogP contribution in [-0.4, -0.2) is 35.0 Å². The number of furan rings is 1. The van der Waals surface area contributed by atoms with Crippen molar-refractivity contribution in [3.63, 3.8) is 0 Å². The maximum atomic E-state index is 12.0. The van der Waals surface area contributed by atoms with Gasteiger partial charge in [-0.2, -0.15) is 0 Å². The second kappa shape index (κ2) is 6.43. The molecule has 1 unspecified atom stereocenters. The minimum absolute atomic E-state index is 0.146. The zero-order valence-corrected chi connectivity index (χ0v) is 11.7. The van der Waals surface area contributed by atoms with Crippen LogP contribution in [0.4, 0.5) is 0 Å². The molecule has 3 N–H and O–H groups in total. The van der Waals surface area contributed by atoms with E-state index >= 15 is 0 Å². The maximum Gasteiger partial charge on any atom is 0.306 e. The van der Waals surface area contributed by atoms with Gasteiger partial charge in [0.1, 0.15) is 12.3 Å². The van der Waals surface area contributed by atoms with Crippen LogP contribution in [0.5, 0.6) is 0 Å². The Bertz CT molecular complexity index is 525. The number of rotatable bonds is 5. The van der Waals surface area contributed by atoms with Gasteiger partial charge in [0, 0.05) is 6.04 Å². The number of carboxylic acid groups (broad SMARTS) is 1. The molecule has 1 heterocycles. The maximum absolute atomic E-state index is 12.0. The van der Waals surface area contributed by atoms with Gasteiger partial charge < -0.3 is 20.2 Å². The van der Waals surface area contributed by atoms with Crippen molar-refractivity contribution in [3.8, 4) is 0 Å². The van der Waals surface area contributed by atoms with Crippen molar-refractivity contribution in [1.82, 2.24) is 10.6 Å². The molecule has 1 aliphatic rings. The average Bonchev–Trinajstić information content (AvgIpc) is 3.09. The van der Waals surface area contributed by atoms with E-state index in [0.717, 1.165) is 0 Å². The van der Waals surface area contributed by atoms with Gasteiger partial charge in [-0.1, -0.05) is 0 Å². The molecule has 1 aliphatic carbocycles. The van der Waals surface area contributed by atoms with Crippen molar-refractivity contribution in [1.29, 1.82) is 0 Å². The molecule has 7 heteroatoms. The summed E-state index contributed by atoms with van der Waals surface area (Å²) < 4.78 is 4.80.